The lowest BCUT2D eigenvalue weighted by Crippen LogP contribution is -2.23. The molecule has 5 nitrogen and oxygen atoms in total. The van der Waals surface area contributed by atoms with Crippen molar-refractivity contribution in [3.63, 3.8) is 0 Å². The highest BCUT2D eigenvalue weighted by Gasteiger charge is 2.04. The van der Waals surface area contributed by atoms with Gasteiger partial charge in [-0.3, -0.25) is 4.99 Å². The molecule has 1 unspecified atom stereocenters. The van der Waals surface area contributed by atoms with Crippen molar-refractivity contribution in [3.8, 4) is 5.75 Å². The van der Waals surface area contributed by atoms with E-state index < -0.39 is 0 Å². The second-order valence-corrected chi connectivity index (χ2v) is 5.93. The van der Waals surface area contributed by atoms with Gasteiger partial charge in [0.15, 0.2) is 5.96 Å². The molecular weight excluding hydrogens is 338 g/mol. The Morgan fingerprint density at radius 3 is 2.68 bits per heavy atom. The highest BCUT2D eigenvalue weighted by Crippen LogP contribution is 2.27. The molecule has 0 amide bonds. The average molecular weight is 362 g/mol. The van der Waals surface area contributed by atoms with Crippen molar-refractivity contribution in [3.05, 3.63) is 59.1 Å². The van der Waals surface area contributed by atoms with Gasteiger partial charge in [-0.15, -0.1) is 0 Å². The van der Waals surface area contributed by atoms with Gasteiger partial charge in [0.05, 0.1) is 18.2 Å². The molecule has 2 rings (SSSR count). The van der Waals surface area contributed by atoms with Crippen molar-refractivity contribution in [1.82, 2.24) is 0 Å². The van der Waals surface area contributed by atoms with Crippen LogP contribution >= 0.6 is 11.6 Å². The number of rotatable bonds is 8. The van der Waals surface area contributed by atoms with Crippen LogP contribution in [-0.2, 0) is 4.74 Å². The van der Waals surface area contributed by atoms with Gasteiger partial charge in [-0.1, -0.05) is 41.9 Å². The van der Waals surface area contributed by atoms with Gasteiger partial charge in [0, 0.05) is 18.8 Å². The predicted molar refractivity (Wildman–Crippen MR) is 104 cm³/mol. The number of nitrogens with one attached hydrogen (secondary N) is 1. The minimum absolute atomic E-state index is 0.0714. The third-order valence-corrected chi connectivity index (χ3v) is 3.94. The van der Waals surface area contributed by atoms with Crippen LogP contribution in [0.3, 0.4) is 0 Å². The molecule has 0 spiro atoms. The Hall–Kier alpha value is -2.24. The Morgan fingerprint density at radius 2 is 2.00 bits per heavy atom. The number of hydrogen-bond donors (Lipinski definition) is 2. The molecule has 0 aromatic heterocycles. The normalized spacial score (nSPS) is 12.7. The van der Waals surface area contributed by atoms with Crippen LogP contribution in [0.15, 0.2) is 53.5 Å². The number of nitrogens with zero attached hydrogens (tertiary/aromatic N) is 1. The van der Waals surface area contributed by atoms with E-state index >= 15 is 0 Å². The highest BCUT2D eigenvalue weighted by molar-refractivity contribution is 6.32. The summed E-state index contributed by atoms with van der Waals surface area (Å²) in [5, 5.41) is 3.52. The summed E-state index contributed by atoms with van der Waals surface area (Å²) in [6.07, 6.45) is 0.866. The number of ether oxygens (including phenoxy) is 2. The van der Waals surface area contributed by atoms with Gasteiger partial charge in [-0.25, -0.2) is 0 Å². The smallest absolute Gasteiger partial charge is 0.193 e. The number of aliphatic imine (C=N–C) groups is 1. The van der Waals surface area contributed by atoms with Gasteiger partial charge in [0.1, 0.15) is 5.75 Å². The van der Waals surface area contributed by atoms with Crippen molar-refractivity contribution < 1.29 is 9.47 Å². The summed E-state index contributed by atoms with van der Waals surface area (Å²) in [6, 6.07) is 15.5. The van der Waals surface area contributed by atoms with E-state index in [2.05, 4.69) is 22.4 Å². The third-order valence-electron chi connectivity index (χ3n) is 3.65. The van der Waals surface area contributed by atoms with E-state index in [1.165, 1.54) is 5.56 Å². The highest BCUT2D eigenvalue weighted by atomic mass is 35.5. The fourth-order valence-electron chi connectivity index (χ4n) is 2.28. The molecule has 134 valence electrons. The van der Waals surface area contributed by atoms with E-state index in [1.54, 1.807) is 19.2 Å². The molecule has 3 N–H and O–H groups in total. The molecule has 0 radical (unpaired) electrons. The van der Waals surface area contributed by atoms with Crippen molar-refractivity contribution in [1.29, 1.82) is 0 Å². The molecule has 2 aromatic rings. The van der Waals surface area contributed by atoms with Crippen LogP contribution in [0.2, 0.25) is 5.02 Å². The summed E-state index contributed by atoms with van der Waals surface area (Å²) in [4.78, 5) is 4.29. The summed E-state index contributed by atoms with van der Waals surface area (Å²) in [7, 11) is 1.57. The lowest BCUT2D eigenvalue weighted by atomic mass is 10.1. The van der Waals surface area contributed by atoms with Gasteiger partial charge in [-0.05, 0) is 37.1 Å². The van der Waals surface area contributed by atoms with Crippen LogP contribution in [0.1, 0.15) is 25.0 Å². The van der Waals surface area contributed by atoms with E-state index in [1.807, 2.05) is 31.2 Å². The molecule has 25 heavy (non-hydrogen) atoms. The standard InChI is InChI=1S/C19H24ClN3O2/c1-14(15-7-4-3-5-8-15)25-12-6-11-22-19(21)23-16-9-10-18(24-2)17(20)13-16/h3-5,7-10,13-14H,6,11-12H2,1-2H3,(H3,21,22,23). The largest absolute Gasteiger partial charge is 0.495 e. The van der Waals surface area contributed by atoms with E-state index in [-0.39, 0.29) is 6.10 Å². The van der Waals surface area contributed by atoms with Crippen molar-refractivity contribution in [2.24, 2.45) is 10.7 Å². The van der Waals surface area contributed by atoms with Gasteiger partial charge in [0.2, 0.25) is 0 Å². The Labute approximate surface area is 153 Å². The Balaban J connectivity index is 1.72. The van der Waals surface area contributed by atoms with Crippen LogP contribution in [0.4, 0.5) is 5.69 Å². The Morgan fingerprint density at radius 1 is 1.24 bits per heavy atom. The molecule has 1 atom stereocenters. The zero-order valence-corrected chi connectivity index (χ0v) is 15.3. The van der Waals surface area contributed by atoms with Gasteiger partial charge in [-0.2, -0.15) is 0 Å². The van der Waals surface area contributed by atoms with E-state index in [9.17, 15) is 0 Å². The van der Waals surface area contributed by atoms with Crippen LogP contribution in [-0.4, -0.2) is 26.2 Å². The van der Waals surface area contributed by atoms with Crippen LogP contribution in [0, 0.1) is 0 Å². The number of methoxy groups -OCH3 is 1. The third kappa shape index (κ3) is 6.29. The van der Waals surface area contributed by atoms with E-state index in [4.69, 9.17) is 26.8 Å². The van der Waals surface area contributed by atoms with Gasteiger partial charge in [0.25, 0.3) is 0 Å². The molecule has 0 aliphatic rings. The summed E-state index contributed by atoms with van der Waals surface area (Å²) in [6.45, 7) is 3.26. The van der Waals surface area contributed by atoms with Gasteiger partial charge >= 0.3 is 0 Å². The SMILES string of the molecule is COc1ccc(NC(N)=NCCCOC(C)c2ccccc2)cc1Cl. The Kier molecular flexibility index (Phi) is 7.57. The number of benzene rings is 2. The van der Waals surface area contributed by atoms with E-state index in [0.717, 1.165) is 12.1 Å². The second kappa shape index (κ2) is 9.91. The second-order valence-electron chi connectivity index (χ2n) is 5.52. The first kappa shape index (κ1) is 19.1. The fraction of sp³-hybridized carbons (Fsp3) is 0.316. The maximum absolute atomic E-state index is 6.08. The molecule has 0 aliphatic heterocycles. The number of halogens is 1. The number of anilines is 1. The zero-order valence-electron chi connectivity index (χ0n) is 14.5. The first-order chi connectivity index (χ1) is 12.1. The summed E-state index contributed by atoms with van der Waals surface area (Å²) in [5.41, 5.74) is 7.82. The van der Waals surface area contributed by atoms with Crippen molar-refractivity contribution in [2.75, 3.05) is 25.6 Å². The predicted octanol–water partition coefficient (Wildman–Crippen LogP) is 4.24. The quantitative estimate of drug-likeness (QED) is 0.419. The van der Waals surface area contributed by atoms with E-state index in [0.29, 0.717) is 29.9 Å². The minimum Gasteiger partial charge on any atom is -0.495 e. The summed E-state index contributed by atoms with van der Waals surface area (Å²) >= 11 is 6.08. The first-order valence-electron chi connectivity index (χ1n) is 8.17. The monoisotopic (exact) mass is 361 g/mol. The molecule has 2 aromatic carbocycles. The molecule has 6 heteroatoms. The maximum atomic E-state index is 6.08. The lowest BCUT2D eigenvalue weighted by Gasteiger charge is -2.13. The average Bonchev–Trinajstić information content (AvgIpc) is 2.62. The van der Waals surface area contributed by atoms with Crippen LogP contribution in [0.5, 0.6) is 5.75 Å². The summed E-state index contributed by atoms with van der Waals surface area (Å²) in [5.74, 6) is 0.963. The Bertz CT molecular complexity index is 692. The lowest BCUT2D eigenvalue weighted by molar-refractivity contribution is 0.0652. The minimum atomic E-state index is 0.0714. The zero-order chi connectivity index (χ0) is 18.1. The molecule has 0 heterocycles. The topological polar surface area (TPSA) is 68.9 Å². The molecular formula is C19H24ClN3O2. The number of nitrogens with two attached hydrogens (primary N) is 1. The van der Waals surface area contributed by atoms with Crippen molar-refractivity contribution >= 4 is 23.2 Å². The van der Waals surface area contributed by atoms with Crippen LogP contribution in [0.25, 0.3) is 0 Å². The molecule has 0 fully saturated rings. The number of guanidine groups is 1. The number of hydrogen-bond acceptors (Lipinski definition) is 3. The first-order valence-corrected chi connectivity index (χ1v) is 8.55. The molecule has 0 saturated heterocycles. The van der Waals surface area contributed by atoms with Gasteiger partial charge < -0.3 is 20.5 Å². The molecule has 0 aliphatic carbocycles. The molecule has 0 saturated carbocycles. The molecule has 0 bridgehead atoms. The van der Waals surface area contributed by atoms with Crippen LogP contribution < -0.4 is 15.8 Å². The summed E-state index contributed by atoms with van der Waals surface area (Å²) < 4.78 is 10.9. The van der Waals surface area contributed by atoms with Crippen molar-refractivity contribution in [2.45, 2.75) is 19.4 Å². The maximum Gasteiger partial charge on any atom is 0.193 e. The fourth-order valence-corrected chi connectivity index (χ4v) is 2.53.